The van der Waals surface area contributed by atoms with Gasteiger partial charge in [0.2, 0.25) is 5.78 Å². The molecule has 0 aromatic carbocycles. The molecule has 1 aromatic rings. The van der Waals surface area contributed by atoms with E-state index >= 15 is 0 Å². The zero-order valence-corrected chi connectivity index (χ0v) is 8.87. The molecule has 0 bridgehead atoms. The topological polar surface area (TPSA) is 30.2 Å². The predicted molar refractivity (Wildman–Crippen MR) is 58.8 cm³/mol. The number of ketones is 1. The fourth-order valence-electron chi connectivity index (χ4n) is 1.96. The van der Waals surface area contributed by atoms with Crippen LogP contribution in [-0.2, 0) is 0 Å². The first-order valence-corrected chi connectivity index (χ1v) is 5.65. The Morgan fingerprint density at radius 1 is 1.20 bits per heavy atom. The number of carbonyl (C=O) groups excluding carboxylic acids is 1. The Hall–Kier alpha value is -1.31. The Kier molecular flexibility index (Phi) is 3.38. The molecule has 2 heteroatoms. The van der Waals surface area contributed by atoms with Crippen LogP contribution in [0.2, 0.25) is 0 Å². The molecule has 1 aliphatic rings. The van der Waals surface area contributed by atoms with Crippen LogP contribution in [0.15, 0.2) is 34.5 Å². The van der Waals surface area contributed by atoms with Crippen LogP contribution in [0.1, 0.15) is 49.1 Å². The Morgan fingerprint density at radius 3 is 2.87 bits per heavy atom. The second kappa shape index (κ2) is 4.96. The van der Waals surface area contributed by atoms with E-state index in [0.29, 0.717) is 5.76 Å². The average Bonchev–Trinajstić information content (AvgIpc) is 2.68. The van der Waals surface area contributed by atoms with Crippen molar-refractivity contribution in [1.29, 1.82) is 0 Å². The molecule has 2 nitrogen and oxygen atoms in total. The van der Waals surface area contributed by atoms with Crippen LogP contribution in [0.3, 0.4) is 0 Å². The Labute approximate surface area is 90.0 Å². The number of allylic oxidation sites excluding steroid dienone is 2. The largest absolute Gasteiger partial charge is 0.461 e. The van der Waals surface area contributed by atoms with E-state index in [2.05, 4.69) is 6.08 Å². The Balaban J connectivity index is 2.11. The predicted octanol–water partition coefficient (Wildman–Crippen LogP) is 3.74. The maximum Gasteiger partial charge on any atom is 0.223 e. The van der Waals surface area contributed by atoms with Gasteiger partial charge in [0.1, 0.15) is 0 Å². The third kappa shape index (κ3) is 2.58. The van der Waals surface area contributed by atoms with Crippen molar-refractivity contribution in [2.24, 2.45) is 0 Å². The number of Topliss-reactive ketones (excluding diaryl/α,β-unsaturated/α-hetero) is 1. The number of furan rings is 1. The van der Waals surface area contributed by atoms with Crippen LogP contribution in [-0.4, -0.2) is 5.78 Å². The van der Waals surface area contributed by atoms with Gasteiger partial charge in [-0.2, -0.15) is 0 Å². The van der Waals surface area contributed by atoms with Gasteiger partial charge in [-0.3, -0.25) is 4.79 Å². The smallest absolute Gasteiger partial charge is 0.223 e. The van der Waals surface area contributed by atoms with Gasteiger partial charge >= 0.3 is 0 Å². The van der Waals surface area contributed by atoms with Crippen molar-refractivity contribution in [2.45, 2.75) is 38.5 Å². The van der Waals surface area contributed by atoms with Crippen LogP contribution in [0.25, 0.3) is 0 Å². The van der Waals surface area contributed by atoms with E-state index in [1.165, 1.54) is 19.3 Å². The van der Waals surface area contributed by atoms with Crippen molar-refractivity contribution >= 4 is 5.78 Å². The maximum absolute atomic E-state index is 12.0. The van der Waals surface area contributed by atoms with Gasteiger partial charge in [0.25, 0.3) is 0 Å². The third-order valence-electron chi connectivity index (χ3n) is 2.83. The van der Waals surface area contributed by atoms with Crippen LogP contribution in [0.5, 0.6) is 0 Å². The van der Waals surface area contributed by atoms with Crippen LogP contribution in [0, 0.1) is 0 Å². The fraction of sp³-hybridized carbons (Fsp3) is 0.462. The van der Waals surface area contributed by atoms with Crippen molar-refractivity contribution in [3.63, 3.8) is 0 Å². The van der Waals surface area contributed by atoms with E-state index in [9.17, 15) is 4.79 Å². The molecule has 0 aliphatic heterocycles. The molecule has 2 rings (SSSR count). The summed E-state index contributed by atoms with van der Waals surface area (Å²) >= 11 is 0. The molecular weight excluding hydrogens is 188 g/mol. The summed E-state index contributed by atoms with van der Waals surface area (Å²) in [6.07, 6.45) is 10.4. The first-order valence-electron chi connectivity index (χ1n) is 5.65. The molecule has 0 saturated carbocycles. The van der Waals surface area contributed by atoms with Crippen molar-refractivity contribution in [3.8, 4) is 0 Å². The maximum atomic E-state index is 12.0. The summed E-state index contributed by atoms with van der Waals surface area (Å²) in [4.78, 5) is 12.0. The monoisotopic (exact) mass is 204 g/mol. The van der Waals surface area contributed by atoms with Gasteiger partial charge in [-0.1, -0.05) is 18.9 Å². The molecule has 0 saturated heterocycles. The van der Waals surface area contributed by atoms with Gasteiger partial charge < -0.3 is 4.42 Å². The molecule has 1 aliphatic carbocycles. The lowest BCUT2D eigenvalue weighted by Gasteiger charge is -2.08. The summed E-state index contributed by atoms with van der Waals surface area (Å²) in [5, 5.41) is 0. The third-order valence-corrected chi connectivity index (χ3v) is 2.83. The zero-order valence-electron chi connectivity index (χ0n) is 8.87. The number of hydrogen-bond donors (Lipinski definition) is 0. The molecule has 0 amide bonds. The minimum Gasteiger partial charge on any atom is -0.461 e. The highest BCUT2D eigenvalue weighted by Crippen LogP contribution is 2.20. The minimum atomic E-state index is 0.0712. The van der Waals surface area contributed by atoms with Crippen LogP contribution >= 0.6 is 0 Å². The quantitative estimate of drug-likeness (QED) is 0.687. The molecule has 80 valence electrons. The Morgan fingerprint density at radius 2 is 2.07 bits per heavy atom. The van der Waals surface area contributed by atoms with E-state index in [1.807, 2.05) is 0 Å². The van der Waals surface area contributed by atoms with Gasteiger partial charge in [0, 0.05) is 0 Å². The van der Waals surface area contributed by atoms with E-state index in [1.54, 1.807) is 18.4 Å². The number of carbonyl (C=O) groups is 1. The molecule has 0 unspecified atom stereocenters. The van der Waals surface area contributed by atoms with E-state index in [0.717, 1.165) is 24.8 Å². The molecule has 0 fully saturated rings. The highest BCUT2D eigenvalue weighted by molar-refractivity contribution is 6.06. The summed E-state index contributed by atoms with van der Waals surface area (Å²) in [6, 6.07) is 3.50. The summed E-state index contributed by atoms with van der Waals surface area (Å²) in [5.74, 6) is 0.545. The molecule has 15 heavy (non-hydrogen) atoms. The lowest BCUT2D eigenvalue weighted by Crippen LogP contribution is -2.03. The van der Waals surface area contributed by atoms with E-state index in [4.69, 9.17) is 4.42 Å². The van der Waals surface area contributed by atoms with Gasteiger partial charge in [-0.15, -0.1) is 0 Å². The first kappa shape index (κ1) is 10.2. The highest BCUT2D eigenvalue weighted by atomic mass is 16.3. The summed E-state index contributed by atoms with van der Waals surface area (Å²) in [5.41, 5.74) is 0.935. The van der Waals surface area contributed by atoms with Gasteiger partial charge in [-0.25, -0.2) is 0 Å². The van der Waals surface area contributed by atoms with Crippen LogP contribution < -0.4 is 0 Å². The van der Waals surface area contributed by atoms with Crippen molar-refractivity contribution in [2.75, 3.05) is 0 Å². The molecule has 0 atom stereocenters. The molecule has 1 heterocycles. The summed E-state index contributed by atoms with van der Waals surface area (Å²) < 4.78 is 5.13. The zero-order chi connectivity index (χ0) is 10.5. The number of hydrogen-bond acceptors (Lipinski definition) is 2. The normalized spacial score (nSPS) is 21.2. The van der Waals surface area contributed by atoms with Gasteiger partial charge in [0.15, 0.2) is 5.76 Å². The van der Waals surface area contributed by atoms with Gasteiger partial charge in [0.05, 0.1) is 6.26 Å². The summed E-state index contributed by atoms with van der Waals surface area (Å²) in [7, 11) is 0. The van der Waals surface area contributed by atoms with Crippen LogP contribution in [0.4, 0.5) is 0 Å². The average molecular weight is 204 g/mol. The Bertz CT molecular complexity index is 347. The van der Waals surface area contributed by atoms with Gasteiger partial charge in [-0.05, 0) is 43.4 Å². The standard InChI is InChI=1S/C13H16O2/c14-13(12-9-6-10-15-12)11-7-4-2-1-3-5-8-11/h6-7,9-10H,1-5,8H2/b11-7+. The first-order chi connectivity index (χ1) is 7.38. The van der Waals surface area contributed by atoms with E-state index in [-0.39, 0.29) is 5.78 Å². The van der Waals surface area contributed by atoms with Crippen molar-refractivity contribution < 1.29 is 9.21 Å². The molecule has 0 spiro atoms. The lowest BCUT2D eigenvalue weighted by molar-refractivity contribution is 0.0999. The minimum absolute atomic E-state index is 0.0712. The molecule has 0 radical (unpaired) electrons. The summed E-state index contributed by atoms with van der Waals surface area (Å²) in [6.45, 7) is 0. The second-order valence-corrected chi connectivity index (χ2v) is 3.99. The van der Waals surface area contributed by atoms with Crippen molar-refractivity contribution in [1.82, 2.24) is 0 Å². The van der Waals surface area contributed by atoms with E-state index < -0.39 is 0 Å². The highest BCUT2D eigenvalue weighted by Gasteiger charge is 2.15. The molecule has 0 N–H and O–H groups in total. The SMILES string of the molecule is O=C(/C1=C/CCCCCC1)c1ccco1. The molecular formula is C13H16O2. The number of rotatable bonds is 2. The fourth-order valence-corrected chi connectivity index (χ4v) is 1.96. The molecule has 1 aromatic heterocycles. The van der Waals surface area contributed by atoms with Crippen molar-refractivity contribution in [3.05, 3.63) is 35.8 Å². The second-order valence-electron chi connectivity index (χ2n) is 3.99. The lowest BCUT2D eigenvalue weighted by atomic mass is 9.96.